The van der Waals surface area contributed by atoms with Crippen molar-refractivity contribution in [3.8, 4) is 5.75 Å². The van der Waals surface area contributed by atoms with Crippen LogP contribution in [0.3, 0.4) is 0 Å². The topological polar surface area (TPSA) is 56.1 Å². The number of fused-ring (bicyclic) bond motifs is 1. The van der Waals surface area contributed by atoms with Crippen LogP contribution in [-0.4, -0.2) is 22.1 Å². The molecule has 1 heterocycles. The van der Waals surface area contributed by atoms with Gasteiger partial charge >= 0.3 is 0 Å². The predicted octanol–water partition coefficient (Wildman–Crippen LogP) is 5.44. The van der Waals surface area contributed by atoms with Crippen LogP contribution < -0.4 is 10.1 Å². The first-order valence-corrected chi connectivity index (χ1v) is 11.6. The van der Waals surface area contributed by atoms with Crippen molar-refractivity contribution in [2.24, 2.45) is 5.92 Å². The van der Waals surface area contributed by atoms with E-state index in [9.17, 15) is 4.79 Å². The molecule has 0 aliphatic heterocycles. The standard InChI is InChI=1S/C26H33N3O2/c1-3-20-13-15-22(16-14-20)31-18-17-29-24-12-8-7-11-23(24)28-25(29)19(2)27-26(30)21-9-5-4-6-10-21/h7-8,11-16,19,21H,3-6,9-10,17-18H2,1-2H3,(H,27,30). The maximum absolute atomic E-state index is 12.8. The van der Waals surface area contributed by atoms with E-state index in [1.165, 1.54) is 12.0 Å². The number of imidazole rings is 1. The molecule has 3 aromatic rings. The molecule has 1 aliphatic carbocycles. The zero-order chi connectivity index (χ0) is 21.6. The number of benzene rings is 2. The van der Waals surface area contributed by atoms with Crippen molar-refractivity contribution in [1.29, 1.82) is 0 Å². The largest absolute Gasteiger partial charge is 0.492 e. The minimum atomic E-state index is -0.148. The molecule has 1 saturated carbocycles. The molecule has 5 nitrogen and oxygen atoms in total. The van der Waals surface area contributed by atoms with E-state index in [1.54, 1.807) is 0 Å². The second kappa shape index (κ2) is 9.99. The number of ether oxygens (including phenoxy) is 1. The van der Waals surface area contributed by atoms with E-state index in [0.717, 1.165) is 54.7 Å². The lowest BCUT2D eigenvalue weighted by molar-refractivity contribution is -0.126. The van der Waals surface area contributed by atoms with Gasteiger partial charge < -0.3 is 14.6 Å². The van der Waals surface area contributed by atoms with Gasteiger partial charge in [0.25, 0.3) is 0 Å². The fourth-order valence-electron chi connectivity index (χ4n) is 4.50. The number of carbonyl (C=O) groups excluding carboxylic acids is 1. The summed E-state index contributed by atoms with van der Waals surface area (Å²) < 4.78 is 8.18. The minimum absolute atomic E-state index is 0.142. The molecule has 164 valence electrons. The molecular formula is C26H33N3O2. The number of hydrogen-bond donors (Lipinski definition) is 1. The Bertz CT molecular complexity index is 1000. The van der Waals surface area contributed by atoms with Gasteiger partial charge in [-0.2, -0.15) is 0 Å². The molecular weight excluding hydrogens is 386 g/mol. The third kappa shape index (κ3) is 5.09. The Morgan fingerprint density at radius 3 is 2.61 bits per heavy atom. The zero-order valence-corrected chi connectivity index (χ0v) is 18.6. The van der Waals surface area contributed by atoms with E-state index < -0.39 is 0 Å². The van der Waals surface area contributed by atoms with Crippen molar-refractivity contribution in [2.75, 3.05) is 6.61 Å². The summed E-state index contributed by atoms with van der Waals surface area (Å²) in [6.07, 6.45) is 6.58. The molecule has 0 spiro atoms. The number of nitrogens with zero attached hydrogens (tertiary/aromatic N) is 2. The summed E-state index contributed by atoms with van der Waals surface area (Å²) in [5.74, 6) is 2.07. The Balaban J connectivity index is 1.47. The van der Waals surface area contributed by atoms with Crippen LogP contribution in [0.5, 0.6) is 5.75 Å². The first kappa shape index (κ1) is 21.4. The number of amides is 1. The summed E-state index contributed by atoms with van der Waals surface area (Å²) in [7, 11) is 0. The lowest BCUT2D eigenvalue weighted by Gasteiger charge is -2.23. The van der Waals surface area contributed by atoms with Crippen molar-refractivity contribution in [2.45, 2.75) is 65.0 Å². The van der Waals surface area contributed by atoms with Crippen molar-refractivity contribution in [3.63, 3.8) is 0 Å². The highest BCUT2D eigenvalue weighted by molar-refractivity contribution is 5.80. The predicted molar refractivity (Wildman–Crippen MR) is 124 cm³/mol. The van der Waals surface area contributed by atoms with E-state index in [-0.39, 0.29) is 17.9 Å². The molecule has 4 rings (SSSR count). The van der Waals surface area contributed by atoms with Gasteiger partial charge in [0, 0.05) is 5.92 Å². The van der Waals surface area contributed by atoms with Gasteiger partial charge in [-0.25, -0.2) is 4.98 Å². The second-order valence-electron chi connectivity index (χ2n) is 8.52. The van der Waals surface area contributed by atoms with Gasteiger partial charge in [0.1, 0.15) is 18.2 Å². The average molecular weight is 420 g/mol. The van der Waals surface area contributed by atoms with E-state index in [1.807, 2.05) is 37.3 Å². The Labute approximate surface area is 184 Å². The third-order valence-electron chi connectivity index (χ3n) is 6.32. The van der Waals surface area contributed by atoms with Gasteiger partial charge in [-0.05, 0) is 56.0 Å². The molecule has 1 aromatic heterocycles. The van der Waals surface area contributed by atoms with Crippen molar-refractivity contribution in [3.05, 3.63) is 59.9 Å². The van der Waals surface area contributed by atoms with Gasteiger partial charge in [0.2, 0.25) is 5.91 Å². The normalized spacial score (nSPS) is 15.7. The lowest BCUT2D eigenvalue weighted by Crippen LogP contribution is -2.35. The number of nitrogens with one attached hydrogen (secondary N) is 1. The number of para-hydroxylation sites is 2. The van der Waals surface area contributed by atoms with Crippen LogP contribution in [0.1, 0.15) is 63.4 Å². The lowest BCUT2D eigenvalue weighted by atomic mass is 9.88. The summed E-state index contributed by atoms with van der Waals surface area (Å²) in [5, 5.41) is 3.22. The molecule has 0 saturated heterocycles. The van der Waals surface area contributed by atoms with E-state index in [0.29, 0.717) is 13.2 Å². The number of aromatic nitrogens is 2. The molecule has 1 N–H and O–H groups in total. The summed E-state index contributed by atoms with van der Waals surface area (Å²) >= 11 is 0. The van der Waals surface area contributed by atoms with Crippen LogP contribution in [0.25, 0.3) is 11.0 Å². The van der Waals surface area contributed by atoms with E-state index in [2.05, 4.69) is 35.0 Å². The highest BCUT2D eigenvalue weighted by Crippen LogP contribution is 2.26. The Morgan fingerprint density at radius 2 is 1.87 bits per heavy atom. The van der Waals surface area contributed by atoms with Gasteiger partial charge in [-0.1, -0.05) is 50.5 Å². The van der Waals surface area contributed by atoms with Gasteiger partial charge in [-0.3, -0.25) is 4.79 Å². The molecule has 1 atom stereocenters. The summed E-state index contributed by atoms with van der Waals surface area (Å²) in [6, 6.07) is 16.3. The maximum Gasteiger partial charge on any atom is 0.223 e. The Morgan fingerprint density at radius 1 is 1.13 bits per heavy atom. The van der Waals surface area contributed by atoms with E-state index in [4.69, 9.17) is 9.72 Å². The first-order valence-electron chi connectivity index (χ1n) is 11.6. The summed E-state index contributed by atoms with van der Waals surface area (Å²) in [4.78, 5) is 17.6. The third-order valence-corrected chi connectivity index (χ3v) is 6.32. The fraction of sp³-hybridized carbons (Fsp3) is 0.462. The molecule has 1 amide bonds. The fourth-order valence-corrected chi connectivity index (χ4v) is 4.50. The maximum atomic E-state index is 12.8. The molecule has 5 heteroatoms. The molecule has 31 heavy (non-hydrogen) atoms. The molecule has 2 aromatic carbocycles. The molecule has 1 fully saturated rings. The van der Waals surface area contributed by atoms with Crippen LogP contribution in [-0.2, 0) is 17.8 Å². The highest BCUT2D eigenvalue weighted by atomic mass is 16.5. The average Bonchev–Trinajstić information content (AvgIpc) is 3.19. The minimum Gasteiger partial charge on any atom is -0.492 e. The van der Waals surface area contributed by atoms with Crippen LogP contribution >= 0.6 is 0 Å². The monoisotopic (exact) mass is 419 g/mol. The van der Waals surface area contributed by atoms with Crippen LogP contribution in [0, 0.1) is 5.92 Å². The Kier molecular flexibility index (Phi) is 6.90. The quantitative estimate of drug-likeness (QED) is 0.529. The number of rotatable bonds is 8. The van der Waals surface area contributed by atoms with Gasteiger partial charge in [0.15, 0.2) is 0 Å². The number of aryl methyl sites for hydroxylation is 1. The molecule has 0 bridgehead atoms. The zero-order valence-electron chi connectivity index (χ0n) is 18.6. The SMILES string of the molecule is CCc1ccc(OCCn2c(C(C)NC(=O)C3CCCCC3)nc3ccccc32)cc1. The van der Waals surface area contributed by atoms with Gasteiger partial charge in [0.05, 0.1) is 23.6 Å². The van der Waals surface area contributed by atoms with Crippen LogP contribution in [0.15, 0.2) is 48.5 Å². The van der Waals surface area contributed by atoms with Crippen molar-refractivity contribution >= 4 is 16.9 Å². The molecule has 1 aliphatic rings. The first-order chi connectivity index (χ1) is 15.2. The van der Waals surface area contributed by atoms with Crippen LogP contribution in [0.4, 0.5) is 0 Å². The highest BCUT2D eigenvalue weighted by Gasteiger charge is 2.24. The molecule has 0 radical (unpaired) electrons. The van der Waals surface area contributed by atoms with Gasteiger partial charge in [-0.15, -0.1) is 0 Å². The van der Waals surface area contributed by atoms with Crippen molar-refractivity contribution in [1.82, 2.24) is 14.9 Å². The summed E-state index contributed by atoms with van der Waals surface area (Å²) in [5.41, 5.74) is 3.32. The number of hydrogen-bond acceptors (Lipinski definition) is 3. The number of carbonyl (C=O) groups is 1. The summed E-state index contributed by atoms with van der Waals surface area (Å²) in [6.45, 7) is 5.40. The smallest absolute Gasteiger partial charge is 0.223 e. The molecule has 1 unspecified atom stereocenters. The Hall–Kier alpha value is -2.82. The second-order valence-corrected chi connectivity index (χ2v) is 8.52. The van der Waals surface area contributed by atoms with E-state index >= 15 is 0 Å². The van der Waals surface area contributed by atoms with Crippen molar-refractivity contribution < 1.29 is 9.53 Å². The van der Waals surface area contributed by atoms with Crippen LogP contribution in [0.2, 0.25) is 0 Å².